The molecule has 0 amide bonds. The van der Waals surface area contributed by atoms with Crippen LogP contribution in [-0.4, -0.2) is 27.9 Å². The van der Waals surface area contributed by atoms with Crippen molar-refractivity contribution < 1.29 is 24.6 Å². The zero-order chi connectivity index (χ0) is 11.3. The molecule has 0 saturated carbocycles. The first kappa shape index (κ1) is 12.6. The summed E-state index contributed by atoms with van der Waals surface area (Å²) in [6, 6.07) is 0. The standard InChI is InChI=1S/C9H14O5/c1-3-5(4-2)7(10)6(8(11)12)9(13)14/h5-6H,3-4H2,1-2H3,(H,11,12)(H,13,14). The van der Waals surface area contributed by atoms with Crippen LogP contribution in [0.1, 0.15) is 26.7 Å². The molecule has 0 unspecified atom stereocenters. The second-order valence-corrected chi connectivity index (χ2v) is 3.03. The molecule has 0 atom stereocenters. The zero-order valence-corrected chi connectivity index (χ0v) is 8.19. The molecule has 5 nitrogen and oxygen atoms in total. The van der Waals surface area contributed by atoms with Crippen LogP contribution in [0.25, 0.3) is 0 Å². The SMILES string of the molecule is CCC(CC)C(=O)C(C(=O)O)C(=O)O. The molecule has 0 radical (unpaired) electrons. The molecule has 5 heteroatoms. The molecule has 0 saturated heterocycles. The third-order valence-electron chi connectivity index (χ3n) is 2.17. The van der Waals surface area contributed by atoms with Gasteiger partial charge in [0.05, 0.1) is 0 Å². The van der Waals surface area contributed by atoms with Crippen LogP contribution in [0, 0.1) is 11.8 Å². The lowest BCUT2D eigenvalue weighted by atomic mass is 9.89. The average Bonchev–Trinajstić information content (AvgIpc) is 2.04. The minimum absolute atomic E-state index is 0.465. The van der Waals surface area contributed by atoms with Gasteiger partial charge in [-0.15, -0.1) is 0 Å². The number of carboxylic acids is 2. The number of ketones is 1. The van der Waals surface area contributed by atoms with E-state index < -0.39 is 29.6 Å². The first-order valence-corrected chi connectivity index (χ1v) is 4.44. The smallest absolute Gasteiger partial charge is 0.325 e. The number of carbonyl (C=O) groups is 3. The summed E-state index contributed by atoms with van der Waals surface area (Å²) in [6.45, 7) is 3.46. The van der Waals surface area contributed by atoms with Crippen molar-refractivity contribution in [1.82, 2.24) is 0 Å². The van der Waals surface area contributed by atoms with Gasteiger partial charge in [0.15, 0.2) is 5.78 Å². The topological polar surface area (TPSA) is 91.7 Å². The summed E-state index contributed by atoms with van der Waals surface area (Å²) in [6.07, 6.45) is 0.929. The van der Waals surface area contributed by atoms with Crippen molar-refractivity contribution >= 4 is 17.7 Å². The molecule has 0 fully saturated rings. The minimum Gasteiger partial charge on any atom is -0.480 e. The van der Waals surface area contributed by atoms with Crippen LogP contribution in [0.15, 0.2) is 0 Å². The van der Waals surface area contributed by atoms with E-state index in [0.717, 1.165) is 0 Å². The minimum atomic E-state index is -1.92. The third-order valence-corrected chi connectivity index (χ3v) is 2.17. The van der Waals surface area contributed by atoms with E-state index in [1.54, 1.807) is 13.8 Å². The number of hydrogen-bond donors (Lipinski definition) is 2. The molecule has 80 valence electrons. The Morgan fingerprint density at radius 3 is 1.57 bits per heavy atom. The van der Waals surface area contributed by atoms with Crippen molar-refractivity contribution in [3.8, 4) is 0 Å². The van der Waals surface area contributed by atoms with E-state index in [9.17, 15) is 14.4 Å². The van der Waals surface area contributed by atoms with Crippen LogP contribution < -0.4 is 0 Å². The van der Waals surface area contributed by atoms with Gasteiger partial charge >= 0.3 is 11.9 Å². The fourth-order valence-electron chi connectivity index (χ4n) is 1.28. The molecule has 0 aliphatic heterocycles. The molecule has 0 aliphatic carbocycles. The van der Waals surface area contributed by atoms with Gasteiger partial charge in [-0.3, -0.25) is 14.4 Å². The van der Waals surface area contributed by atoms with Crippen LogP contribution in [-0.2, 0) is 14.4 Å². The summed E-state index contributed by atoms with van der Waals surface area (Å²) in [5.74, 6) is -6.29. The zero-order valence-electron chi connectivity index (χ0n) is 8.19. The lowest BCUT2D eigenvalue weighted by molar-refractivity contribution is -0.158. The second-order valence-electron chi connectivity index (χ2n) is 3.03. The van der Waals surface area contributed by atoms with E-state index in [2.05, 4.69) is 0 Å². The summed E-state index contributed by atoms with van der Waals surface area (Å²) in [7, 11) is 0. The van der Waals surface area contributed by atoms with Gasteiger partial charge in [-0.1, -0.05) is 13.8 Å². The van der Waals surface area contributed by atoms with Gasteiger partial charge in [-0.25, -0.2) is 0 Å². The molecule has 0 bridgehead atoms. The molecular weight excluding hydrogens is 188 g/mol. The Labute approximate surface area is 81.7 Å². The van der Waals surface area contributed by atoms with Crippen molar-refractivity contribution in [1.29, 1.82) is 0 Å². The lowest BCUT2D eigenvalue weighted by Gasteiger charge is -2.13. The lowest BCUT2D eigenvalue weighted by Crippen LogP contribution is -2.35. The van der Waals surface area contributed by atoms with Crippen molar-refractivity contribution in [2.45, 2.75) is 26.7 Å². The fourth-order valence-corrected chi connectivity index (χ4v) is 1.28. The van der Waals surface area contributed by atoms with Gasteiger partial charge in [0.2, 0.25) is 5.92 Å². The van der Waals surface area contributed by atoms with Crippen molar-refractivity contribution in [2.24, 2.45) is 11.8 Å². The normalized spacial score (nSPS) is 10.6. The number of Topliss-reactive ketones (excluding diaryl/α,β-unsaturated/α-hetero) is 1. The molecule has 0 aromatic rings. The number of carboxylic acid groups (broad SMARTS) is 2. The maximum absolute atomic E-state index is 11.4. The molecule has 0 aliphatic rings. The Kier molecular flexibility index (Phi) is 4.83. The second kappa shape index (κ2) is 5.36. The molecular formula is C9H14O5. The quantitative estimate of drug-likeness (QED) is 0.621. The number of hydrogen-bond acceptors (Lipinski definition) is 3. The van der Waals surface area contributed by atoms with Crippen molar-refractivity contribution in [3.05, 3.63) is 0 Å². The van der Waals surface area contributed by atoms with Crippen LogP contribution in [0.4, 0.5) is 0 Å². The van der Waals surface area contributed by atoms with Crippen LogP contribution in [0.3, 0.4) is 0 Å². The van der Waals surface area contributed by atoms with Gasteiger partial charge in [0.25, 0.3) is 0 Å². The monoisotopic (exact) mass is 202 g/mol. The molecule has 0 aromatic heterocycles. The van der Waals surface area contributed by atoms with E-state index in [-0.39, 0.29) is 0 Å². The van der Waals surface area contributed by atoms with Gasteiger partial charge in [0, 0.05) is 5.92 Å². The highest BCUT2D eigenvalue weighted by Gasteiger charge is 2.36. The number of carbonyl (C=O) groups excluding carboxylic acids is 1. The Bertz CT molecular complexity index is 228. The van der Waals surface area contributed by atoms with Gasteiger partial charge in [-0.05, 0) is 12.8 Å². The van der Waals surface area contributed by atoms with Gasteiger partial charge in [-0.2, -0.15) is 0 Å². The number of rotatable bonds is 6. The van der Waals surface area contributed by atoms with Crippen LogP contribution >= 0.6 is 0 Å². The third kappa shape index (κ3) is 2.83. The average molecular weight is 202 g/mol. The molecule has 0 heterocycles. The Morgan fingerprint density at radius 1 is 1.00 bits per heavy atom. The highest BCUT2D eigenvalue weighted by Crippen LogP contribution is 2.15. The summed E-state index contributed by atoms with van der Waals surface area (Å²) < 4.78 is 0. The van der Waals surface area contributed by atoms with E-state index in [1.807, 2.05) is 0 Å². The summed E-state index contributed by atoms with van der Waals surface area (Å²) >= 11 is 0. The predicted octanol–water partition coefficient (Wildman–Crippen LogP) is 0.777. The molecule has 2 N–H and O–H groups in total. The Morgan fingerprint density at radius 2 is 1.36 bits per heavy atom. The highest BCUT2D eigenvalue weighted by atomic mass is 16.4. The van der Waals surface area contributed by atoms with E-state index in [4.69, 9.17) is 10.2 Å². The molecule has 0 rings (SSSR count). The Hall–Kier alpha value is -1.39. The van der Waals surface area contributed by atoms with E-state index in [0.29, 0.717) is 12.8 Å². The predicted molar refractivity (Wildman–Crippen MR) is 47.8 cm³/mol. The maximum Gasteiger partial charge on any atom is 0.325 e. The Balaban J connectivity index is 4.76. The summed E-state index contributed by atoms with van der Waals surface area (Å²) in [5.41, 5.74) is 0. The van der Waals surface area contributed by atoms with Crippen LogP contribution in [0.2, 0.25) is 0 Å². The first-order chi connectivity index (χ1) is 6.45. The van der Waals surface area contributed by atoms with E-state index in [1.165, 1.54) is 0 Å². The van der Waals surface area contributed by atoms with Crippen LogP contribution in [0.5, 0.6) is 0 Å². The van der Waals surface area contributed by atoms with Gasteiger partial charge < -0.3 is 10.2 Å². The molecule has 0 spiro atoms. The highest BCUT2D eigenvalue weighted by molar-refractivity contribution is 6.14. The molecule has 14 heavy (non-hydrogen) atoms. The maximum atomic E-state index is 11.4. The summed E-state index contributed by atoms with van der Waals surface area (Å²) in [5, 5.41) is 17.1. The van der Waals surface area contributed by atoms with Gasteiger partial charge in [0.1, 0.15) is 0 Å². The van der Waals surface area contributed by atoms with Crippen molar-refractivity contribution in [3.63, 3.8) is 0 Å². The fraction of sp³-hybridized carbons (Fsp3) is 0.667. The molecule has 0 aromatic carbocycles. The number of aliphatic carboxylic acids is 2. The van der Waals surface area contributed by atoms with Crippen molar-refractivity contribution in [2.75, 3.05) is 0 Å². The van der Waals surface area contributed by atoms with E-state index >= 15 is 0 Å². The first-order valence-electron chi connectivity index (χ1n) is 4.44. The summed E-state index contributed by atoms with van der Waals surface area (Å²) in [4.78, 5) is 32.5. The largest absolute Gasteiger partial charge is 0.480 e.